The van der Waals surface area contributed by atoms with Crippen LogP contribution in [-0.2, 0) is 6.42 Å². The molecule has 2 aliphatic heterocycles. The number of amides is 1. The molecule has 38 heavy (non-hydrogen) atoms. The van der Waals surface area contributed by atoms with Crippen molar-refractivity contribution in [2.75, 3.05) is 38.7 Å². The Labute approximate surface area is 223 Å². The number of carbonyl (C=O) groups is 1. The smallest absolute Gasteiger partial charge is 0.258 e. The van der Waals surface area contributed by atoms with Gasteiger partial charge in [0.25, 0.3) is 5.91 Å². The first-order valence-corrected chi connectivity index (χ1v) is 13.2. The maximum absolute atomic E-state index is 13.7. The van der Waals surface area contributed by atoms with Crippen LogP contribution in [0.3, 0.4) is 0 Å². The molecule has 194 valence electrons. The monoisotopic (exact) mass is 508 g/mol. The molecule has 3 aromatic carbocycles. The number of aryl methyl sites for hydroxylation is 2. The molecule has 0 bridgehead atoms. The molecule has 0 radical (unpaired) electrons. The molecule has 0 aliphatic carbocycles. The lowest BCUT2D eigenvalue weighted by molar-refractivity contribution is 0.0989. The normalized spacial score (nSPS) is 16.0. The summed E-state index contributed by atoms with van der Waals surface area (Å²) in [5.41, 5.74) is 8.30. The van der Waals surface area contributed by atoms with E-state index < -0.39 is 0 Å². The van der Waals surface area contributed by atoms with Crippen LogP contribution in [-0.4, -0.2) is 54.7 Å². The fourth-order valence-electron chi connectivity index (χ4n) is 5.51. The standard InChI is InChI=1S/C31H32N4O3/c1-19-15-24(9-10-26(19)21-5-7-22(8-6-21)30-32-20(2)38-33-30)31(36)35-14-12-23-16-29-27(17-28(23)35)25(18-37-29)11-13-34(3)4/h5-10,15-17,25H,11-14,18H2,1-4H3. The van der Waals surface area contributed by atoms with E-state index in [0.717, 1.165) is 59.7 Å². The van der Waals surface area contributed by atoms with Gasteiger partial charge in [0.05, 0.1) is 6.61 Å². The number of aromatic nitrogens is 2. The van der Waals surface area contributed by atoms with Crippen LogP contribution in [0.15, 0.2) is 59.1 Å². The molecule has 3 heterocycles. The number of benzene rings is 3. The van der Waals surface area contributed by atoms with Gasteiger partial charge in [0.2, 0.25) is 11.7 Å². The fourth-order valence-corrected chi connectivity index (χ4v) is 5.51. The van der Waals surface area contributed by atoms with Gasteiger partial charge in [-0.25, -0.2) is 0 Å². The van der Waals surface area contributed by atoms with Crippen molar-refractivity contribution in [3.63, 3.8) is 0 Å². The van der Waals surface area contributed by atoms with E-state index in [0.29, 0.717) is 29.7 Å². The van der Waals surface area contributed by atoms with Crippen LogP contribution in [0.4, 0.5) is 5.69 Å². The molecule has 1 aromatic heterocycles. The zero-order valence-corrected chi connectivity index (χ0v) is 22.3. The van der Waals surface area contributed by atoms with Crippen LogP contribution in [0.1, 0.15) is 45.3 Å². The minimum Gasteiger partial charge on any atom is -0.493 e. The Kier molecular flexibility index (Phi) is 6.24. The highest BCUT2D eigenvalue weighted by atomic mass is 16.5. The molecule has 0 N–H and O–H groups in total. The average Bonchev–Trinajstić information content (AvgIpc) is 3.64. The SMILES string of the molecule is Cc1nc(-c2ccc(-c3ccc(C(=O)N4CCc5cc6c(cc54)C(CCN(C)C)CO6)cc3C)cc2)no1. The van der Waals surface area contributed by atoms with Crippen molar-refractivity contribution in [2.24, 2.45) is 0 Å². The van der Waals surface area contributed by atoms with E-state index in [4.69, 9.17) is 9.26 Å². The number of fused-ring (bicyclic) bond motifs is 2. The van der Waals surface area contributed by atoms with Gasteiger partial charge < -0.3 is 19.1 Å². The number of anilines is 1. The summed E-state index contributed by atoms with van der Waals surface area (Å²) in [4.78, 5) is 22.1. The van der Waals surface area contributed by atoms with Gasteiger partial charge in [-0.1, -0.05) is 35.5 Å². The summed E-state index contributed by atoms with van der Waals surface area (Å²) in [6.07, 6.45) is 1.90. The number of hydrogen-bond donors (Lipinski definition) is 0. The third kappa shape index (κ3) is 4.47. The minimum absolute atomic E-state index is 0.0462. The zero-order valence-electron chi connectivity index (χ0n) is 22.3. The molecule has 1 unspecified atom stereocenters. The molecule has 0 spiro atoms. The van der Waals surface area contributed by atoms with Crippen molar-refractivity contribution in [2.45, 2.75) is 32.6 Å². The predicted molar refractivity (Wildman–Crippen MR) is 148 cm³/mol. The van der Waals surface area contributed by atoms with Gasteiger partial charge in [-0.2, -0.15) is 4.98 Å². The van der Waals surface area contributed by atoms with Gasteiger partial charge in [0.1, 0.15) is 5.75 Å². The van der Waals surface area contributed by atoms with Gasteiger partial charge in [0, 0.05) is 41.8 Å². The maximum atomic E-state index is 13.7. The Morgan fingerprint density at radius 2 is 1.84 bits per heavy atom. The third-order valence-electron chi connectivity index (χ3n) is 7.61. The highest BCUT2D eigenvalue weighted by molar-refractivity contribution is 6.07. The van der Waals surface area contributed by atoms with Crippen LogP contribution in [0, 0.1) is 13.8 Å². The summed E-state index contributed by atoms with van der Waals surface area (Å²) >= 11 is 0. The van der Waals surface area contributed by atoms with Crippen molar-refractivity contribution in [1.82, 2.24) is 15.0 Å². The van der Waals surface area contributed by atoms with Crippen molar-refractivity contribution < 1.29 is 14.1 Å². The van der Waals surface area contributed by atoms with Gasteiger partial charge in [-0.3, -0.25) is 4.79 Å². The summed E-state index contributed by atoms with van der Waals surface area (Å²) in [6, 6.07) is 18.4. The molecule has 0 saturated heterocycles. The van der Waals surface area contributed by atoms with E-state index >= 15 is 0 Å². The molecule has 7 nitrogen and oxygen atoms in total. The quantitative estimate of drug-likeness (QED) is 0.335. The average molecular weight is 509 g/mol. The van der Waals surface area contributed by atoms with E-state index in [2.05, 4.69) is 60.3 Å². The van der Waals surface area contributed by atoms with Crippen molar-refractivity contribution in [3.8, 4) is 28.3 Å². The van der Waals surface area contributed by atoms with Gasteiger partial charge >= 0.3 is 0 Å². The molecular formula is C31H32N4O3. The third-order valence-corrected chi connectivity index (χ3v) is 7.61. The number of nitrogens with zero attached hydrogens (tertiary/aromatic N) is 4. The fraction of sp³-hybridized carbons (Fsp3) is 0.323. The molecule has 2 aliphatic rings. The lowest BCUT2D eigenvalue weighted by atomic mass is 9.95. The second-order valence-electron chi connectivity index (χ2n) is 10.6. The van der Waals surface area contributed by atoms with Crippen LogP contribution in [0.5, 0.6) is 5.75 Å². The van der Waals surface area contributed by atoms with E-state index in [1.807, 2.05) is 35.2 Å². The zero-order chi connectivity index (χ0) is 26.4. The first-order valence-electron chi connectivity index (χ1n) is 13.2. The number of hydrogen-bond acceptors (Lipinski definition) is 6. The molecule has 0 fully saturated rings. The molecular weight excluding hydrogens is 476 g/mol. The Hall–Kier alpha value is -3.97. The Morgan fingerprint density at radius 1 is 1.05 bits per heavy atom. The van der Waals surface area contributed by atoms with Crippen LogP contribution < -0.4 is 9.64 Å². The van der Waals surface area contributed by atoms with Crippen LogP contribution in [0.25, 0.3) is 22.5 Å². The Bertz CT molecular complexity index is 1510. The van der Waals surface area contributed by atoms with Gasteiger partial charge in [0.15, 0.2) is 0 Å². The first-order chi connectivity index (χ1) is 18.4. The lowest BCUT2D eigenvalue weighted by Crippen LogP contribution is -2.29. The van der Waals surface area contributed by atoms with E-state index in [1.165, 1.54) is 11.1 Å². The molecule has 6 rings (SSSR count). The van der Waals surface area contributed by atoms with Crippen LogP contribution in [0.2, 0.25) is 0 Å². The first kappa shape index (κ1) is 24.4. The Balaban J connectivity index is 1.23. The molecule has 1 amide bonds. The second-order valence-corrected chi connectivity index (χ2v) is 10.6. The highest BCUT2D eigenvalue weighted by Gasteiger charge is 2.32. The van der Waals surface area contributed by atoms with Gasteiger partial charge in [-0.15, -0.1) is 0 Å². The topological polar surface area (TPSA) is 71.7 Å². The summed E-state index contributed by atoms with van der Waals surface area (Å²) in [7, 11) is 4.19. The maximum Gasteiger partial charge on any atom is 0.258 e. The van der Waals surface area contributed by atoms with E-state index in [9.17, 15) is 4.79 Å². The highest BCUT2D eigenvalue weighted by Crippen LogP contribution is 2.43. The molecule has 7 heteroatoms. The van der Waals surface area contributed by atoms with Gasteiger partial charge in [-0.05, 0) is 86.9 Å². The lowest BCUT2D eigenvalue weighted by Gasteiger charge is -2.20. The predicted octanol–water partition coefficient (Wildman–Crippen LogP) is 5.65. The molecule has 4 aromatic rings. The Morgan fingerprint density at radius 3 is 2.55 bits per heavy atom. The number of rotatable bonds is 6. The van der Waals surface area contributed by atoms with Crippen molar-refractivity contribution >= 4 is 11.6 Å². The van der Waals surface area contributed by atoms with E-state index in [1.54, 1.807) is 6.92 Å². The summed E-state index contributed by atoms with van der Waals surface area (Å²) in [5.74, 6) is 2.53. The van der Waals surface area contributed by atoms with E-state index in [-0.39, 0.29) is 5.91 Å². The van der Waals surface area contributed by atoms with Crippen molar-refractivity contribution in [3.05, 3.63) is 82.7 Å². The summed E-state index contributed by atoms with van der Waals surface area (Å²) in [5, 5.41) is 3.99. The van der Waals surface area contributed by atoms with Crippen molar-refractivity contribution in [1.29, 1.82) is 0 Å². The number of carbonyl (C=O) groups excluding carboxylic acids is 1. The van der Waals surface area contributed by atoms with Crippen LogP contribution >= 0.6 is 0 Å². The minimum atomic E-state index is 0.0462. The largest absolute Gasteiger partial charge is 0.493 e. The molecule has 0 saturated carbocycles. The summed E-state index contributed by atoms with van der Waals surface area (Å²) < 4.78 is 11.1. The molecule has 1 atom stereocenters. The number of ether oxygens (including phenoxy) is 1. The second kappa shape index (κ2) is 9.72. The summed E-state index contributed by atoms with van der Waals surface area (Å²) in [6.45, 7) is 6.26.